The van der Waals surface area contributed by atoms with Gasteiger partial charge in [0.05, 0.1) is 0 Å². The number of piperidine rings is 1. The van der Waals surface area contributed by atoms with Gasteiger partial charge in [-0.05, 0) is 55.9 Å². The summed E-state index contributed by atoms with van der Waals surface area (Å²) in [6.45, 7) is 9.16. The molecule has 0 radical (unpaired) electrons. The van der Waals surface area contributed by atoms with Gasteiger partial charge in [0.25, 0.3) is 5.56 Å². The Balaban J connectivity index is 0.00000128. The highest BCUT2D eigenvalue weighted by Crippen LogP contribution is 2.31. The van der Waals surface area contributed by atoms with E-state index in [0.717, 1.165) is 64.5 Å². The molecule has 1 N–H and O–H groups in total. The quantitative estimate of drug-likeness (QED) is 0.744. The molecule has 2 fully saturated rings. The van der Waals surface area contributed by atoms with Crippen LogP contribution in [0.2, 0.25) is 0 Å². The van der Waals surface area contributed by atoms with Gasteiger partial charge in [-0.2, -0.15) is 0 Å². The molecular weight excluding hydrogens is 439 g/mol. The van der Waals surface area contributed by atoms with Crippen molar-refractivity contribution in [3.05, 3.63) is 56.1 Å². The van der Waals surface area contributed by atoms with Crippen LogP contribution in [0.25, 0.3) is 0 Å². The fourth-order valence-corrected chi connectivity index (χ4v) is 5.91. The van der Waals surface area contributed by atoms with Crippen molar-refractivity contribution in [1.29, 1.82) is 0 Å². The third-order valence-corrected chi connectivity index (χ3v) is 7.48. The van der Waals surface area contributed by atoms with Crippen LogP contribution in [-0.2, 0) is 19.6 Å². The highest BCUT2D eigenvalue weighted by atomic mass is 35.5. The molecule has 2 saturated heterocycles. The van der Waals surface area contributed by atoms with Gasteiger partial charge >= 0.3 is 0 Å². The van der Waals surface area contributed by atoms with E-state index in [1.54, 1.807) is 0 Å². The first kappa shape index (κ1) is 23.8. The van der Waals surface area contributed by atoms with Crippen molar-refractivity contribution in [3.8, 4) is 0 Å². The van der Waals surface area contributed by atoms with Crippen molar-refractivity contribution in [3.63, 3.8) is 0 Å². The second-order valence-corrected chi connectivity index (χ2v) is 9.67. The standard InChI is InChI=1S/C22H30N4OS.2ClH/c27-22-18(4-5-21-19-11-17(12-23-13-19)14-26(21)22)15-24-6-2-7-25(9-8-24)16-20-3-1-10-28-20;;/h1,3-5,10,17,19,23H,2,6-9,11-16H2;2*1H/t17-,19+;;/m0../s1. The predicted octanol–water partition coefficient (Wildman–Crippen LogP) is 3.17. The minimum atomic E-state index is 0. The number of halogens is 2. The summed E-state index contributed by atoms with van der Waals surface area (Å²) in [6, 6.07) is 8.70. The summed E-state index contributed by atoms with van der Waals surface area (Å²) in [4.78, 5) is 19.7. The van der Waals surface area contributed by atoms with Crippen molar-refractivity contribution in [2.45, 2.75) is 38.4 Å². The van der Waals surface area contributed by atoms with E-state index < -0.39 is 0 Å². The molecule has 0 aromatic carbocycles. The first-order chi connectivity index (χ1) is 13.8. The van der Waals surface area contributed by atoms with Crippen LogP contribution in [-0.4, -0.2) is 53.6 Å². The predicted molar refractivity (Wildman–Crippen MR) is 128 cm³/mol. The van der Waals surface area contributed by atoms with E-state index in [-0.39, 0.29) is 30.4 Å². The molecule has 30 heavy (non-hydrogen) atoms. The summed E-state index contributed by atoms with van der Waals surface area (Å²) in [5.74, 6) is 1.13. The SMILES string of the molecule is Cl.Cl.O=c1c(CN2CCCN(Cc3cccs3)CC2)ccc2n1C[C@@H]1CNC[C@H]2C1. The lowest BCUT2D eigenvalue weighted by molar-refractivity contribution is 0.242. The van der Waals surface area contributed by atoms with E-state index in [2.05, 4.69) is 49.3 Å². The second kappa shape index (κ2) is 10.6. The van der Waals surface area contributed by atoms with Gasteiger partial charge in [0.15, 0.2) is 0 Å². The molecule has 5 heterocycles. The van der Waals surface area contributed by atoms with Crippen LogP contribution in [0, 0.1) is 5.92 Å². The molecule has 2 aromatic heterocycles. The maximum atomic E-state index is 13.2. The lowest BCUT2D eigenvalue weighted by Gasteiger charge is -2.37. The van der Waals surface area contributed by atoms with E-state index in [1.165, 1.54) is 23.4 Å². The van der Waals surface area contributed by atoms with Crippen molar-refractivity contribution < 1.29 is 0 Å². The normalized spacial score (nSPS) is 24.3. The Hall–Kier alpha value is -0.890. The number of hydrogen-bond donors (Lipinski definition) is 1. The van der Waals surface area contributed by atoms with E-state index >= 15 is 0 Å². The molecule has 5 nitrogen and oxygen atoms in total. The Labute approximate surface area is 195 Å². The smallest absolute Gasteiger partial charge is 0.255 e. The van der Waals surface area contributed by atoms with Gasteiger partial charge in [-0.3, -0.25) is 14.6 Å². The molecule has 0 aliphatic carbocycles. The van der Waals surface area contributed by atoms with Crippen LogP contribution in [0.15, 0.2) is 34.4 Å². The average molecular weight is 471 g/mol. The van der Waals surface area contributed by atoms with Crippen LogP contribution in [0.1, 0.15) is 34.9 Å². The number of thiophene rings is 1. The number of nitrogens with zero attached hydrogens (tertiary/aromatic N) is 3. The van der Waals surface area contributed by atoms with Gasteiger partial charge in [0.1, 0.15) is 0 Å². The van der Waals surface area contributed by atoms with E-state index in [1.807, 2.05) is 11.3 Å². The Morgan fingerprint density at radius 1 is 1.00 bits per heavy atom. The van der Waals surface area contributed by atoms with Gasteiger partial charge in [-0.15, -0.1) is 36.2 Å². The molecule has 0 spiro atoms. The van der Waals surface area contributed by atoms with Crippen molar-refractivity contribution >= 4 is 36.2 Å². The average Bonchev–Trinajstić information content (AvgIpc) is 3.11. The number of hydrogen-bond acceptors (Lipinski definition) is 5. The molecule has 2 aromatic rings. The largest absolute Gasteiger partial charge is 0.316 e. The fraction of sp³-hybridized carbons (Fsp3) is 0.591. The van der Waals surface area contributed by atoms with Crippen LogP contribution < -0.4 is 10.9 Å². The zero-order valence-electron chi connectivity index (χ0n) is 17.3. The number of fused-ring (bicyclic) bond motifs is 4. The highest BCUT2D eigenvalue weighted by molar-refractivity contribution is 7.09. The number of nitrogens with one attached hydrogen (secondary N) is 1. The number of aromatic nitrogens is 1. The van der Waals surface area contributed by atoms with E-state index in [9.17, 15) is 4.79 Å². The Kier molecular flexibility index (Phi) is 8.41. The lowest BCUT2D eigenvalue weighted by atomic mass is 9.84. The van der Waals surface area contributed by atoms with E-state index in [0.29, 0.717) is 11.8 Å². The summed E-state index contributed by atoms with van der Waals surface area (Å²) < 4.78 is 2.09. The molecule has 0 saturated carbocycles. The minimum Gasteiger partial charge on any atom is -0.316 e. The first-order valence-corrected chi connectivity index (χ1v) is 11.5. The summed E-state index contributed by atoms with van der Waals surface area (Å²) in [6.07, 6.45) is 2.41. The van der Waals surface area contributed by atoms with Crippen LogP contribution in [0.5, 0.6) is 0 Å². The van der Waals surface area contributed by atoms with Crippen molar-refractivity contribution in [1.82, 2.24) is 19.7 Å². The van der Waals surface area contributed by atoms with Gasteiger partial charge in [-0.1, -0.05) is 12.1 Å². The van der Waals surface area contributed by atoms with Crippen LogP contribution in [0.3, 0.4) is 0 Å². The van der Waals surface area contributed by atoms with Crippen LogP contribution in [0.4, 0.5) is 0 Å². The molecule has 3 aliphatic heterocycles. The molecule has 2 atom stereocenters. The van der Waals surface area contributed by atoms with Crippen molar-refractivity contribution in [2.24, 2.45) is 5.92 Å². The molecule has 3 aliphatic rings. The third-order valence-electron chi connectivity index (χ3n) is 6.62. The summed E-state index contributed by atoms with van der Waals surface area (Å²) in [7, 11) is 0. The monoisotopic (exact) mass is 470 g/mol. The zero-order valence-corrected chi connectivity index (χ0v) is 19.7. The zero-order chi connectivity index (χ0) is 18.9. The van der Waals surface area contributed by atoms with E-state index in [4.69, 9.17) is 0 Å². The van der Waals surface area contributed by atoms with Crippen molar-refractivity contribution in [2.75, 3.05) is 39.3 Å². The molecule has 2 bridgehead atoms. The maximum Gasteiger partial charge on any atom is 0.255 e. The Bertz CT molecular complexity index is 873. The topological polar surface area (TPSA) is 40.5 Å². The Morgan fingerprint density at radius 3 is 2.57 bits per heavy atom. The maximum absolute atomic E-state index is 13.2. The lowest BCUT2D eigenvalue weighted by Crippen LogP contribution is -2.45. The van der Waals surface area contributed by atoms with Gasteiger partial charge < -0.3 is 9.88 Å². The summed E-state index contributed by atoms with van der Waals surface area (Å²) in [5, 5.41) is 5.69. The fourth-order valence-electron chi connectivity index (χ4n) is 5.16. The molecule has 166 valence electrons. The number of pyridine rings is 1. The summed E-state index contributed by atoms with van der Waals surface area (Å²) >= 11 is 1.84. The molecule has 5 rings (SSSR count). The first-order valence-electron chi connectivity index (χ1n) is 10.7. The molecule has 0 unspecified atom stereocenters. The summed E-state index contributed by atoms with van der Waals surface area (Å²) in [5.41, 5.74) is 2.48. The molecule has 8 heteroatoms. The third kappa shape index (κ3) is 5.12. The van der Waals surface area contributed by atoms with Gasteiger partial charge in [-0.25, -0.2) is 0 Å². The van der Waals surface area contributed by atoms with Gasteiger partial charge in [0, 0.05) is 61.3 Å². The number of rotatable bonds is 4. The van der Waals surface area contributed by atoms with Crippen LogP contribution >= 0.6 is 36.2 Å². The molecular formula is C22H32Cl2N4OS. The highest BCUT2D eigenvalue weighted by Gasteiger charge is 2.31. The van der Waals surface area contributed by atoms with Gasteiger partial charge in [0.2, 0.25) is 0 Å². The second-order valence-electron chi connectivity index (χ2n) is 8.64. The minimum absolute atomic E-state index is 0. The molecule has 0 amide bonds. The Morgan fingerprint density at radius 2 is 1.80 bits per heavy atom.